The van der Waals surface area contributed by atoms with Crippen LogP contribution in [-0.4, -0.2) is 80.0 Å². The largest absolute Gasteiger partial charge is 0.269 e. The molecule has 3 atom stereocenters. The second-order valence-corrected chi connectivity index (χ2v) is 19.4. The molecular formula is C54H33Cl6N9O6. The number of fused-ring (bicyclic) bond motifs is 6. The van der Waals surface area contributed by atoms with Crippen molar-refractivity contribution >= 4 is 138 Å². The number of rotatable bonds is 6. The Morgan fingerprint density at radius 3 is 0.733 bits per heavy atom. The van der Waals surface area contributed by atoms with Gasteiger partial charge >= 0.3 is 0 Å². The summed E-state index contributed by atoms with van der Waals surface area (Å²) in [4.78, 5) is 106. The van der Waals surface area contributed by atoms with E-state index in [0.717, 1.165) is 14.7 Å². The molecule has 6 aromatic carbocycles. The van der Waals surface area contributed by atoms with Crippen LogP contribution in [0.25, 0.3) is 33.1 Å². The molecule has 1 unspecified atom stereocenters. The van der Waals surface area contributed by atoms with Crippen LogP contribution in [0.4, 0.5) is 0 Å². The highest BCUT2D eigenvalue weighted by atomic mass is 35.5. The molecule has 0 N–H and O–H groups in total. The molecule has 3 aliphatic heterocycles. The first kappa shape index (κ1) is 51.0. The highest BCUT2D eigenvalue weighted by molar-refractivity contribution is 6.37. The topological polar surface area (TPSA) is 189 Å². The third kappa shape index (κ3) is 8.98. The summed E-state index contributed by atoms with van der Waals surface area (Å²) in [5, 5.41) is 1.66. The molecule has 6 heterocycles. The molecule has 0 radical (unpaired) electrons. The molecule has 21 heteroatoms. The highest BCUT2D eigenvalue weighted by Crippen LogP contribution is 2.38. The molecule has 372 valence electrons. The lowest BCUT2D eigenvalue weighted by molar-refractivity contribution is 0.0576. The monoisotopic (exact) mass is 1110 g/mol. The van der Waals surface area contributed by atoms with E-state index in [2.05, 4.69) is 29.9 Å². The molecule has 0 spiro atoms. The van der Waals surface area contributed by atoms with Crippen molar-refractivity contribution < 1.29 is 28.8 Å². The number of aromatic nitrogens is 6. The van der Waals surface area contributed by atoms with Gasteiger partial charge in [-0.25, -0.2) is 29.9 Å². The zero-order valence-electron chi connectivity index (χ0n) is 39.1. The molecule has 75 heavy (non-hydrogen) atoms. The van der Waals surface area contributed by atoms with Crippen molar-refractivity contribution in [1.29, 1.82) is 0 Å². The summed E-state index contributed by atoms with van der Waals surface area (Å²) in [7, 11) is 0. The Hall–Kier alpha value is -7.50. The molecule has 0 fully saturated rings. The van der Waals surface area contributed by atoms with E-state index in [0.29, 0.717) is 98.6 Å². The number of carbonyl (C=O) groups is 6. The number of amides is 6. The van der Waals surface area contributed by atoms with Crippen LogP contribution in [0, 0.1) is 0 Å². The minimum atomic E-state index is -0.657. The van der Waals surface area contributed by atoms with E-state index in [1.165, 1.54) is 0 Å². The Kier molecular flexibility index (Phi) is 13.8. The highest BCUT2D eigenvalue weighted by Gasteiger charge is 2.42. The Morgan fingerprint density at radius 1 is 0.307 bits per heavy atom. The van der Waals surface area contributed by atoms with Gasteiger partial charge in [-0.3, -0.25) is 43.5 Å². The maximum absolute atomic E-state index is 12.6. The lowest BCUT2D eigenvalue weighted by atomic mass is 10.1. The molecule has 0 saturated carbocycles. The van der Waals surface area contributed by atoms with Gasteiger partial charge < -0.3 is 0 Å². The van der Waals surface area contributed by atoms with Crippen molar-refractivity contribution in [1.82, 2.24) is 44.6 Å². The van der Waals surface area contributed by atoms with Crippen LogP contribution < -0.4 is 0 Å². The summed E-state index contributed by atoms with van der Waals surface area (Å²) in [6.45, 7) is 5.11. The number of nitrogens with zero attached hydrogens (tertiary/aromatic N) is 9. The van der Waals surface area contributed by atoms with Gasteiger partial charge in [-0.2, -0.15) is 0 Å². The molecule has 6 amide bonds. The van der Waals surface area contributed by atoms with Crippen molar-refractivity contribution in [2.45, 2.75) is 38.9 Å². The van der Waals surface area contributed by atoms with Gasteiger partial charge in [0.25, 0.3) is 35.4 Å². The molecule has 0 aliphatic carbocycles. The lowest BCUT2D eigenvalue weighted by Gasteiger charge is -2.22. The summed E-state index contributed by atoms with van der Waals surface area (Å²) in [6, 6.07) is 33.8. The molecule has 0 saturated heterocycles. The second-order valence-electron chi connectivity index (χ2n) is 17.1. The van der Waals surface area contributed by atoms with E-state index in [4.69, 9.17) is 69.6 Å². The maximum Gasteiger partial charge on any atom is 0.262 e. The van der Waals surface area contributed by atoms with E-state index < -0.39 is 18.1 Å². The fourth-order valence-electron chi connectivity index (χ4n) is 8.95. The SMILES string of the molecule is CC(c1nc2cccc(Cl)c2nc1Cl)N1C(=O)c2ccccc2C1=O.C[C@@H](c1nc2cccc(Cl)c2nc1Cl)N1C(=O)c2ccccc2C1=O.C[C@H](c1nc2cccc(Cl)c2nc1Cl)N1C(=O)c2ccccc2C1=O. The van der Waals surface area contributed by atoms with Gasteiger partial charge in [0.05, 0.1) is 83.1 Å². The molecule has 9 aromatic rings. The van der Waals surface area contributed by atoms with Gasteiger partial charge in [0.2, 0.25) is 0 Å². The fourth-order valence-corrected chi connectivity index (χ4v) is 10.4. The van der Waals surface area contributed by atoms with Gasteiger partial charge in [-0.1, -0.05) is 124 Å². The molecule has 3 aromatic heterocycles. The van der Waals surface area contributed by atoms with Gasteiger partial charge in [-0.15, -0.1) is 0 Å². The molecule has 0 bridgehead atoms. The standard InChI is InChI=1S/3C18H11Cl2N3O2/c3*1-9(23-17(24)10-5-2-3-6-11(10)18(23)25)14-16(20)22-15-12(19)7-4-8-13(15)21-14/h3*2-9H,1H3/t2*9-;/m10./s1. The third-order valence-electron chi connectivity index (χ3n) is 12.7. The van der Waals surface area contributed by atoms with Crippen LogP contribution in [-0.2, 0) is 0 Å². The van der Waals surface area contributed by atoms with Crippen LogP contribution in [0.1, 0.15) is 118 Å². The number of halogens is 6. The summed E-state index contributed by atoms with van der Waals surface area (Å²) in [5.74, 6) is -2.18. The molecule has 15 nitrogen and oxygen atoms in total. The van der Waals surface area contributed by atoms with Crippen LogP contribution >= 0.6 is 69.6 Å². The van der Waals surface area contributed by atoms with Gasteiger partial charge in [0.15, 0.2) is 15.5 Å². The minimum absolute atomic E-state index is 0.115. The van der Waals surface area contributed by atoms with E-state index >= 15 is 0 Å². The van der Waals surface area contributed by atoms with Gasteiger partial charge in [0, 0.05) is 0 Å². The van der Waals surface area contributed by atoms with Crippen LogP contribution in [0.3, 0.4) is 0 Å². The first-order valence-corrected chi connectivity index (χ1v) is 25.0. The van der Waals surface area contributed by atoms with Gasteiger partial charge in [-0.05, 0) is 93.6 Å². The molecule has 12 rings (SSSR count). The smallest absolute Gasteiger partial charge is 0.262 e. The Bertz CT molecular complexity index is 3450. The van der Waals surface area contributed by atoms with Crippen molar-refractivity contribution in [3.8, 4) is 0 Å². The predicted molar refractivity (Wildman–Crippen MR) is 285 cm³/mol. The van der Waals surface area contributed by atoms with Crippen LogP contribution in [0.5, 0.6) is 0 Å². The zero-order valence-corrected chi connectivity index (χ0v) is 43.6. The number of para-hydroxylation sites is 3. The average molecular weight is 1120 g/mol. The van der Waals surface area contributed by atoms with Crippen LogP contribution in [0.2, 0.25) is 30.5 Å². The van der Waals surface area contributed by atoms with Gasteiger partial charge in [0.1, 0.15) is 33.6 Å². The van der Waals surface area contributed by atoms with Crippen molar-refractivity contribution in [2.75, 3.05) is 0 Å². The Balaban J connectivity index is 0.000000128. The van der Waals surface area contributed by atoms with Crippen molar-refractivity contribution in [3.05, 3.63) is 208 Å². The average Bonchev–Trinajstić information content (AvgIpc) is 3.93. The summed E-state index contributed by atoms with van der Waals surface area (Å²) in [5.41, 5.74) is 6.44. The number of hydrogen-bond acceptors (Lipinski definition) is 12. The number of imide groups is 3. The lowest BCUT2D eigenvalue weighted by Crippen LogP contribution is -2.33. The Morgan fingerprint density at radius 2 is 0.520 bits per heavy atom. The van der Waals surface area contributed by atoms with E-state index in [9.17, 15) is 28.8 Å². The number of hydrogen-bond donors (Lipinski definition) is 0. The third-order valence-corrected chi connectivity index (χ3v) is 14.5. The first-order chi connectivity index (χ1) is 36.0. The zero-order chi connectivity index (χ0) is 53.1. The summed E-state index contributed by atoms with van der Waals surface area (Å²) >= 11 is 37.2. The van der Waals surface area contributed by atoms with E-state index in [1.807, 2.05) is 0 Å². The number of benzene rings is 6. The van der Waals surface area contributed by atoms with E-state index in [-0.39, 0.29) is 50.9 Å². The maximum atomic E-state index is 12.6. The Labute approximate surface area is 456 Å². The normalized spacial score (nSPS) is 14.9. The number of carbonyl (C=O) groups excluding carboxylic acids is 6. The van der Waals surface area contributed by atoms with Crippen molar-refractivity contribution in [3.63, 3.8) is 0 Å². The van der Waals surface area contributed by atoms with E-state index in [1.54, 1.807) is 148 Å². The molecule has 3 aliphatic rings. The fraction of sp³-hybridized carbons (Fsp3) is 0.111. The minimum Gasteiger partial charge on any atom is -0.269 e. The quantitative estimate of drug-likeness (QED) is 0.143. The second kappa shape index (κ2) is 20.3. The summed E-state index contributed by atoms with van der Waals surface area (Å²) < 4.78 is 0. The first-order valence-electron chi connectivity index (χ1n) is 22.7. The molecular weight excluding hydrogens is 1080 g/mol. The summed E-state index contributed by atoms with van der Waals surface area (Å²) in [6.07, 6.45) is 0. The predicted octanol–water partition coefficient (Wildman–Crippen LogP) is 12.9. The van der Waals surface area contributed by atoms with Crippen LogP contribution in [0.15, 0.2) is 127 Å². The van der Waals surface area contributed by atoms with Crippen molar-refractivity contribution in [2.24, 2.45) is 0 Å².